The fourth-order valence-corrected chi connectivity index (χ4v) is 1.69. The Balaban J connectivity index is 2.30. The lowest BCUT2D eigenvalue weighted by molar-refractivity contribution is -0.257. The lowest BCUT2D eigenvalue weighted by Crippen LogP contribution is -2.46. The van der Waals surface area contributed by atoms with Gasteiger partial charge in [-0.2, -0.15) is 13.2 Å². The summed E-state index contributed by atoms with van der Waals surface area (Å²) in [5.41, 5.74) is -2.76. The van der Waals surface area contributed by atoms with E-state index in [0.717, 1.165) is 4.57 Å². The van der Waals surface area contributed by atoms with Crippen molar-refractivity contribution in [2.45, 2.75) is 25.2 Å². The molecule has 112 valence electrons. The van der Waals surface area contributed by atoms with Crippen LogP contribution in [0.25, 0.3) is 0 Å². The van der Waals surface area contributed by atoms with Gasteiger partial charge < -0.3 is 9.67 Å². The zero-order valence-electron chi connectivity index (χ0n) is 11.0. The number of nitrogens with zero attached hydrogens (tertiary/aromatic N) is 3. The molecule has 0 aliphatic heterocycles. The number of ketones is 1. The maximum atomic E-state index is 12.7. The van der Waals surface area contributed by atoms with Crippen LogP contribution in [0.15, 0.2) is 36.9 Å². The number of carbonyl (C=O) groups excluding carboxylic acids is 1. The van der Waals surface area contributed by atoms with Crippen molar-refractivity contribution < 1.29 is 23.1 Å². The van der Waals surface area contributed by atoms with Crippen LogP contribution in [0.3, 0.4) is 0 Å². The van der Waals surface area contributed by atoms with E-state index in [0.29, 0.717) is 6.92 Å². The van der Waals surface area contributed by atoms with Gasteiger partial charge in [0.05, 0.1) is 6.54 Å². The van der Waals surface area contributed by atoms with Gasteiger partial charge >= 0.3 is 6.18 Å². The monoisotopic (exact) mass is 299 g/mol. The van der Waals surface area contributed by atoms with Gasteiger partial charge in [0.2, 0.25) is 5.78 Å². The van der Waals surface area contributed by atoms with Crippen molar-refractivity contribution in [1.82, 2.24) is 14.5 Å². The van der Waals surface area contributed by atoms with Gasteiger partial charge in [0.1, 0.15) is 0 Å². The Morgan fingerprint density at radius 3 is 2.67 bits per heavy atom. The fraction of sp³-hybridized carbons (Fsp3) is 0.308. The molecular formula is C13H12F3N3O2. The maximum Gasteiger partial charge on any atom is 0.418 e. The molecule has 2 rings (SSSR count). The number of pyridine rings is 1. The summed E-state index contributed by atoms with van der Waals surface area (Å²) in [6, 6.07) is 3.02. The third kappa shape index (κ3) is 3.10. The second-order valence-corrected chi connectivity index (χ2v) is 4.72. The number of carbonyl (C=O) groups is 1. The minimum absolute atomic E-state index is 0.187. The molecule has 2 aromatic heterocycles. The Kier molecular flexibility index (Phi) is 3.82. The molecule has 0 radical (unpaired) electrons. The third-order valence-corrected chi connectivity index (χ3v) is 2.93. The van der Waals surface area contributed by atoms with Crippen molar-refractivity contribution in [3.8, 4) is 0 Å². The number of aromatic nitrogens is 3. The van der Waals surface area contributed by atoms with Crippen LogP contribution in [0.4, 0.5) is 13.2 Å². The first-order valence-corrected chi connectivity index (χ1v) is 5.97. The quantitative estimate of drug-likeness (QED) is 0.874. The fourth-order valence-electron chi connectivity index (χ4n) is 1.69. The zero-order chi connectivity index (χ0) is 15.7. The van der Waals surface area contributed by atoms with Crippen LogP contribution in [0.2, 0.25) is 0 Å². The first-order chi connectivity index (χ1) is 9.72. The van der Waals surface area contributed by atoms with E-state index in [2.05, 4.69) is 9.97 Å². The van der Waals surface area contributed by atoms with Crippen molar-refractivity contribution in [2.75, 3.05) is 0 Å². The molecule has 0 unspecified atom stereocenters. The minimum Gasteiger partial charge on any atom is -0.379 e. The summed E-state index contributed by atoms with van der Waals surface area (Å²) in [6.07, 6.45) is 0.368. The smallest absolute Gasteiger partial charge is 0.379 e. The standard InChI is InChI=1S/C13H12F3N3O2/c1-12(21,13(14,15)16)8-19-6-5-18-11(19)10(20)9-3-2-4-17-7-9/h2-7,21H,8H2,1H3/t12-/m1/s1. The molecule has 0 amide bonds. The van der Waals surface area contributed by atoms with Crippen molar-refractivity contribution >= 4 is 5.78 Å². The van der Waals surface area contributed by atoms with E-state index in [-0.39, 0.29) is 11.4 Å². The van der Waals surface area contributed by atoms with Gasteiger partial charge in [-0.05, 0) is 19.1 Å². The summed E-state index contributed by atoms with van der Waals surface area (Å²) in [4.78, 5) is 19.7. The van der Waals surface area contributed by atoms with Gasteiger partial charge in [-0.25, -0.2) is 4.98 Å². The molecule has 2 heterocycles. The van der Waals surface area contributed by atoms with Crippen LogP contribution in [0.1, 0.15) is 23.1 Å². The lowest BCUT2D eigenvalue weighted by atomic mass is 10.1. The number of hydrogen-bond donors (Lipinski definition) is 1. The third-order valence-electron chi connectivity index (χ3n) is 2.93. The van der Waals surface area contributed by atoms with Gasteiger partial charge in [0, 0.05) is 30.4 Å². The molecule has 5 nitrogen and oxygen atoms in total. The van der Waals surface area contributed by atoms with Crippen LogP contribution in [0.5, 0.6) is 0 Å². The Bertz CT molecular complexity index is 636. The first-order valence-electron chi connectivity index (χ1n) is 5.97. The Labute approximate surface area is 118 Å². The molecular weight excluding hydrogens is 287 g/mol. The molecule has 0 aliphatic rings. The highest BCUT2D eigenvalue weighted by Crippen LogP contribution is 2.31. The predicted octanol–water partition coefficient (Wildman–Crippen LogP) is 1.82. The SMILES string of the molecule is C[C@@](O)(Cn1ccnc1C(=O)c1cccnc1)C(F)(F)F. The number of aliphatic hydroxyl groups is 1. The molecule has 0 saturated heterocycles. The first kappa shape index (κ1) is 15.2. The molecule has 0 fully saturated rings. The predicted molar refractivity (Wildman–Crippen MR) is 66.6 cm³/mol. The Morgan fingerprint density at radius 2 is 2.10 bits per heavy atom. The Hall–Kier alpha value is -2.22. The molecule has 21 heavy (non-hydrogen) atoms. The highest BCUT2D eigenvalue weighted by atomic mass is 19.4. The summed E-state index contributed by atoms with van der Waals surface area (Å²) in [5.74, 6) is -0.751. The van der Waals surface area contributed by atoms with E-state index in [1.54, 1.807) is 0 Å². The van der Waals surface area contributed by atoms with Crippen molar-refractivity contribution in [3.05, 3.63) is 48.3 Å². The van der Waals surface area contributed by atoms with Crippen molar-refractivity contribution in [1.29, 1.82) is 0 Å². The molecule has 1 N–H and O–H groups in total. The molecule has 8 heteroatoms. The van der Waals surface area contributed by atoms with Crippen LogP contribution >= 0.6 is 0 Å². The van der Waals surface area contributed by atoms with Crippen LogP contribution < -0.4 is 0 Å². The molecule has 2 aromatic rings. The summed E-state index contributed by atoms with van der Waals surface area (Å²) >= 11 is 0. The number of hydrogen-bond acceptors (Lipinski definition) is 4. The van der Waals surface area contributed by atoms with Crippen molar-refractivity contribution in [2.24, 2.45) is 0 Å². The van der Waals surface area contributed by atoms with E-state index in [1.165, 1.54) is 36.9 Å². The molecule has 0 aliphatic carbocycles. The van der Waals surface area contributed by atoms with Crippen LogP contribution in [-0.2, 0) is 6.54 Å². The largest absolute Gasteiger partial charge is 0.418 e. The average molecular weight is 299 g/mol. The van der Waals surface area contributed by atoms with Gasteiger partial charge in [-0.15, -0.1) is 0 Å². The van der Waals surface area contributed by atoms with E-state index in [4.69, 9.17) is 0 Å². The van der Waals surface area contributed by atoms with Gasteiger partial charge in [-0.3, -0.25) is 9.78 Å². The van der Waals surface area contributed by atoms with E-state index in [9.17, 15) is 23.1 Å². The van der Waals surface area contributed by atoms with Gasteiger partial charge in [-0.1, -0.05) is 0 Å². The lowest BCUT2D eigenvalue weighted by Gasteiger charge is -2.27. The van der Waals surface area contributed by atoms with E-state index < -0.39 is 24.1 Å². The Morgan fingerprint density at radius 1 is 1.38 bits per heavy atom. The molecule has 1 atom stereocenters. The summed E-state index contributed by atoms with van der Waals surface area (Å²) < 4.78 is 39.1. The summed E-state index contributed by atoms with van der Waals surface area (Å²) in [6.45, 7) is -0.177. The second-order valence-electron chi connectivity index (χ2n) is 4.72. The van der Waals surface area contributed by atoms with Crippen LogP contribution in [-0.4, -0.2) is 37.2 Å². The highest BCUT2D eigenvalue weighted by molar-refractivity contribution is 6.06. The molecule has 0 aromatic carbocycles. The number of alkyl halides is 3. The molecule has 0 spiro atoms. The molecule has 0 bridgehead atoms. The maximum absolute atomic E-state index is 12.7. The minimum atomic E-state index is -4.81. The van der Waals surface area contributed by atoms with E-state index >= 15 is 0 Å². The van der Waals surface area contributed by atoms with Gasteiger partial charge in [0.15, 0.2) is 11.4 Å². The zero-order valence-corrected chi connectivity index (χ0v) is 11.0. The van der Waals surface area contributed by atoms with Gasteiger partial charge in [0.25, 0.3) is 0 Å². The van der Waals surface area contributed by atoms with Crippen LogP contribution in [0, 0.1) is 0 Å². The number of imidazole rings is 1. The second kappa shape index (κ2) is 5.28. The average Bonchev–Trinajstić information content (AvgIpc) is 2.85. The number of halogens is 3. The summed E-state index contributed by atoms with van der Waals surface area (Å²) in [5, 5.41) is 9.50. The van der Waals surface area contributed by atoms with E-state index in [1.807, 2.05) is 0 Å². The van der Waals surface area contributed by atoms with Crippen molar-refractivity contribution in [3.63, 3.8) is 0 Å². The summed E-state index contributed by atoms with van der Waals surface area (Å²) in [7, 11) is 0. The molecule has 0 saturated carbocycles. The topological polar surface area (TPSA) is 68.0 Å². The highest BCUT2D eigenvalue weighted by Gasteiger charge is 2.50. The normalized spacial score (nSPS) is 14.7. The number of rotatable bonds is 4.